The van der Waals surface area contributed by atoms with Crippen LogP contribution >= 0.6 is 11.3 Å². The van der Waals surface area contributed by atoms with E-state index in [-0.39, 0.29) is 11.5 Å². The average Bonchev–Trinajstić information content (AvgIpc) is 2.90. The number of carbonyl (C=O) groups is 1. The van der Waals surface area contributed by atoms with Crippen molar-refractivity contribution in [3.63, 3.8) is 0 Å². The summed E-state index contributed by atoms with van der Waals surface area (Å²) >= 11 is 1.27. The van der Waals surface area contributed by atoms with Gasteiger partial charge in [-0.15, -0.1) is 11.3 Å². The highest BCUT2D eigenvalue weighted by molar-refractivity contribution is 7.09. The fourth-order valence-corrected chi connectivity index (χ4v) is 2.36. The second-order valence-corrected chi connectivity index (χ2v) is 4.89. The Morgan fingerprint density at radius 3 is 2.95 bits per heavy atom. The van der Waals surface area contributed by atoms with Crippen LogP contribution in [-0.4, -0.2) is 32.6 Å². The first-order valence-electron chi connectivity index (χ1n) is 6.02. The summed E-state index contributed by atoms with van der Waals surface area (Å²) in [5.74, 6) is -1.33. The Bertz CT molecular complexity index is 617. The monoisotopic (exact) mass is 296 g/mol. The number of carboxylic acid groups (broad SMARTS) is 1. The summed E-state index contributed by atoms with van der Waals surface area (Å²) in [6, 6.07) is 0. The summed E-state index contributed by atoms with van der Waals surface area (Å²) in [7, 11) is 0. The van der Waals surface area contributed by atoms with Crippen molar-refractivity contribution >= 4 is 23.1 Å². The summed E-state index contributed by atoms with van der Waals surface area (Å²) in [4.78, 5) is 22.3. The molecule has 2 aromatic rings. The molecular formula is C12H13FN4O2S. The molecule has 0 aliphatic carbocycles. The van der Waals surface area contributed by atoms with Gasteiger partial charge in [0.2, 0.25) is 0 Å². The van der Waals surface area contributed by atoms with Crippen LogP contribution in [0.2, 0.25) is 0 Å². The second-order valence-electron chi connectivity index (χ2n) is 3.94. The molecule has 0 aromatic carbocycles. The highest BCUT2D eigenvalue weighted by Crippen LogP contribution is 2.14. The molecule has 0 spiro atoms. The van der Waals surface area contributed by atoms with Gasteiger partial charge in [-0.1, -0.05) is 6.92 Å². The van der Waals surface area contributed by atoms with Crippen molar-refractivity contribution in [3.05, 3.63) is 33.9 Å². The summed E-state index contributed by atoms with van der Waals surface area (Å²) in [6.07, 6.45) is 2.32. The third kappa shape index (κ3) is 3.27. The minimum Gasteiger partial charge on any atom is -0.476 e. The summed E-state index contributed by atoms with van der Waals surface area (Å²) in [6.45, 7) is 2.24. The number of carboxylic acids is 1. The first-order valence-corrected chi connectivity index (χ1v) is 6.90. The zero-order valence-electron chi connectivity index (χ0n) is 10.8. The normalized spacial score (nSPS) is 10.5. The lowest BCUT2D eigenvalue weighted by Crippen LogP contribution is -2.10. The maximum absolute atomic E-state index is 13.8. The molecule has 0 saturated heterocycles. The Kier molecular flexibility index (Phi) is 4.57. The third-order valence-corrected chi connectivity index (χ3v) is 3.51. The van der Waals surface area contributed by atoms with E-state index in [1.165, 1.54) is 23.0 Å². The molecule has 20 heavy (non-hydrogen) atoms. The lowest BCUT2D eigenvalue weighted by molar-refractivity contribution is 0.0691. The zero-order valence-corrected chi connectivity index (χ0v) is 11.6. The summed E-state index contributed by atoms with van der Waals surface area (Å²) in [5.41, 5.74) is 0.399. The van der Waals surface area contributed by atoms with Crippen LogP contribution in [0.25, 0.3) is 0 Å². The van der Waals surface area contributed by atoms with Crippen LogP contribution in [0.5, 0.6) is 0 Å². The molecule has 2 heterocycles. The van der Waals surface area contributed by atoms with Gasteiger partial charge in [-0.2, -0.15) is 0 Å². The van der Waals surface area contributed by atoms with E-state index < -0.39 is 11.8 Å². The number of anilines is 1. The van der Waals surface area contributed by atoms with Crippen molar-refractivity contribution in [2.75, 3.05) is 11.9 Å². The molecule has 2 aromatic heterocycles. The lowest BCUT2D eigenvalue weighted by Gasteiger charge is -2.07. The molecule has 6 nitrogen and oxygen atoms in total. The fourth-order valence-electron chi connectivity index (χ4n) is 1.59. The van der Waals surface area contributed by atoms with Crippen LogP contribution in [0.4, 0.5) is 10.2 Å². The number of aromatic carboxylic acids is 1. The number of hydrogen-bond donors (Lipinski definition) is 2. The maximum atomic E-state index is 13.8. The van der Waals surface area contributed by atoms with Crippen LogP contribution in [0.15, 0.2) is 11.7 Å². The second kappa shape index (κ2) is 6.38. The number of thiazole rings is 1. The number of aromatic nitrogens is 3. The third-order valence-electron chi connectivity index (χ3n) is 2.60. The van der Waals surface area contributed by atoms with Gasteiger partial charge in [0.1, 0.15) is 6.33 Å². The average molecular weight is 296 g/mol. The Morgan fingerprint density at radius 1 is 1.50 bits per heavy atom. The Hall–Kier alpha value is -2.09. The molecule has 0 radical (unpaired) electrons. The number of aryl methyl sites for hydroxylation is 1. The van der Waals surface area contributed by atoms with E-state index in [1.54, 1.807) is 0 Å². The van der Waals surface area contributed by atoms with E-state index in [0.29, 0.717) is 30.1 Å². The largest absolute Gasteiger partial charge is 0.476 e. The molecule has 8 heteroatoms. The minimum atomic E-state index is -1.05. The molecule has 0 aliphatic heterocycles. The first-order chi connectivity index (χ1) is 9.61. The number of nitrogens with one attached hydrogen (secondary N) is 1. The van der Waals surface area contributed by atoms with Crippen molar-refractivity contribution in [1.29, 1.82) is 0 Å². The first kappa shape index (κ1) is 14.3. The van der Waals surface area contributed by atoms with Crippen LogP contribution in [-0.2, 0) is 12.8 Å². The van der Waals surface area contributed by atoms with Gasteiger partial charge in [0, 0.05) is 18.3 Å². The molecule has 0 amide bonds. The molecule has 0 unspecified atom stereocenters. The van der Waals surface area contributed by atoms with Gasteiger partial charge in [-0.05, 0) is 6.42 Å². The highest BCUT2D eigenvalue weighted by atomic mass is 32.1. The Morgan fingerprint density at radius 2 is 2.30 bits per heavy atom. The maximum Gasteiger partial charge on any atom is 0.355 e. The number of rotatable bonds is 6. The van der Waals surface area contributed by atoms with Crippen LogP contribution < -0.4 is 5.32 Å². The molecule has 106 valence electrons. The van der Waals surface area contributed by atoms with E-state index >= 15 is 0 Å². The lowest BCUT2D eigenvalue weighted by atomic mass is 10.3. The van der Waals surface area contributed by atoms with Gasteiger partial charge in [-0.3, -0.25) is 0 Å². The van der Waals surface area contributed by atoms with Crippen molar-refractivity contribution < 1.29 is 14.3 Å². The van der Waals surface area contributed by atoms with Gasteiger partial charge >= 0.3 is 5.97 Å². The highest BCUT2D eigenvalue weighted by Gasteiger charge is 2.10. The van der Waals surface area contributed by atoms with E-state index in [0.717, 1.165) is 0 Å². The van der Waals surface area contributed by atoms with Crippen LogP contribution in [0, 0.1) is 5.82 Å². The standard InChI is InChI=1S/C12H13FN4O2S/c1-2-7-10(13)11(16-6-15-7)14-4-3-9-17-8(5-20-9)12(18)19/h5-6H,2-4H2,1H3,(H,18,19)(H,14,15,16). The zero-order chi connectivity index (χ0) is 14.5. The van der Waals surface area contributed by atoms with Crippen LogP contribution in [0.1, 0.15) is 28.1 Å². The van der Waals surface area contributed by atoms with Crippen LogP contribution in [0.3, 0.4) is 0 Å². The quantitative estimate of drug-likeness (QED) is 0.847. The predicted octanol–water partition coefficient (Wildman–Crippen LogP) is 1.99. The van der Waals surface area contributed by atoms with E-state index in [1.807, 2.05) is 6.92 Å². The Labute approximate surface area is 118 Å². The summed E-state index contributed by atoms with van der Waals surface area (Å²) < 4.78 is 13.8. The van der Waals surface area contributed by atoms with Crippen molar-refractivity contribution in [2.24, 2.45) is 0 Å². The van der Waals surface area contributed by atoms with Gasteiger partial charge in [0.05, 0.1) is 10.7 Å². The van der Waals surface area contributed by atoms with Gasteiger partial charge in [0.15, 0.2) is 17.3 Å². The molecular weight excluding hydrogens is 283 g/mol. The van der Waals surface area contributed by atoms with Gasteiger partial charge in [0.25, 0.3) is 0 Å². The topological polar surface area (TPSA) is 88.0 Å². The SMILES string of the molecule is CCc1ncnc(NCCc2nc(C(=O)O)cs2)c1F. The van der Waals surface area contributed by atoms with Crippen molar-refractivity contribution in [1.82, 2.24) is 15.0 Å². The number of halogens is 1. The molecule has 0 atom stereocenters. The molecule has 0 saturated carbocycles. The molecule has 2 rings (SSSR count). The van der Waals surface area contributed by atoms with E-state index in [9.17, 15) is 9.18 Å². The van der Waals surface area contributed by atoms with Gasteiger partial charge in [-0.25, -0.2) is 24.1 Å². The predicted molar refractivity (Wildman–Crippen MR) is 72.6 cm³/mol. The minimum absolute atomic E-state index is 0.0338. The number of nitrogens with zero attached hydrogens (tertiary/aromatic N) is 3. The fraction of sp³-hybridized carbons (Fsp3) is 0.333. The van der Waals surface area contributed by atoms with Crippen molar-refractivity contribution in [2.45, 2.75) is 19.8 Å². The summed E-state index contributed by atoms with van der Waals surface area (Å²) in [5, 5.41) is 13.8. The molecule has 2 N–H and O–H groups in total. The smallest absolute Gasteiger partial charge is 0.355 e. The van der Waals surface area contributed by atoms with Crippen molar-refractivity contribution in [3.8, 4) is 0 Å². The molecule has 0 fully saturated rings. The number of hydrogen-bond acceptors (Lipinski definition) is 6. The Balaban J connectivity index is 1.94. The molecule has 0 aliphatic rings. The van der Waals surface area contributed by atoms with E-state index in [4.69, 9.17) is 5.11 Å². The van der Waals surface area contributed by atoms with Gasteiger partial charge < -0.3 is 10.4 Å². The van der Waals surface area contributed by atoms with E-state index in [2.05, 4.69) is 20.3 Å². The molecule has 0 bridgehead atoms.